The molecule has 0 aliphatic rings. The van der Waals surface area contributed by atoms with Crippen LogP contribution in [0.4, 0.5) is 0 Å². The minimum atomic E-state index is 0.410. The topological polar surface area (TPSA) is 39.1 Å². The van der Waals surface area contributed by atoms with Gasteiger partial charge in [-0.15, -0.1) is 0 Å². The Morgan fingerprint density at radius 3 is 3.00 bits per heavy atom. The summed E-state index contributed by atoms with van der Waals surface area (Å²) in [6.07, 6.45) is 2.83. The van der Waals surface area contributed by atoms with E-state index in [-0.39, 0.29) is 0 Å². The molecule has 0 spiro atoms. The number of nitrogens with one attached hydrogen (secondary N) is 1. The third-order valence-corrected chi connectivity index (χ3v) is 2.21. The molecule has 0 radical (unpaired) electrons. The first-order valence-electron chi connectivity index (χ1n) is 4.93. The summed E-state index contributed by atoms with van der Waals surface area (Å²) in [5.41, 5.74) is 1.25. The van der Waals surface area contributed by atoms with Gasteiger partial charge in [-0.2, -0.15) is 5.10 Å². The summed E-state index contributed by atoms with van der Waals surface area (Å²) in [5, 5.41) is 7.50. The number of hydrogen-bond donors (Lipinski definition) is 1. The van der Waals surface area contributed by atoms with E-state index in [9.17, 15) is 0 Å². The summed E-state index contributed by atoms with van der Waals surface area (Å²) in [5.74, 6) is 0. The van der Waals surface area contributed by atoms with Crippen molar-refractivity contribution in [1.82, 2.24) is 15.1 Å². The SMILES string of the molecule is COCC(C)NCCc1ccnn1C. The molecule has 1 aromatic rings. The Morgan fingerprint density at radius 1 is 1.64 bits per heavy atom. The molecule has 80 valence electrons. The highest BCUT2D eigenvalue weighted by Gasteiger charge is 2.01. The Morgan fingerprint density at radius 2 is 2.43 bits per heavy atom. The number of hydrogen-bond acceptors (Lipinski definition) is 3. The van der Waals surface area contributed by atoms with Crippen LogP contribution in [0.5, 0.6) is 0 Å². The molecule has 1 aromatic heterocycles. The molecule has 1 unspecified atom stereocenters. The maximum atomic E-state index is 5.04. The Kier molecular flexibility index (Phi) is 4.62. The quantitative estimate of drug-likeness (QED) is 0.725. The molecule has 4 heteroatoms. The Labute approximate surface area is 85.3 Å². The lowest BCUT2D eigenvalue weighted by Crippen LogP contribution is -2.32. The number of rotatable bonds is 6. The lowest BCUT2D eigenvalue weighted by molar-refractivity contribution is 0.172. The average molecular weight is 197 g/mol. The van der Waals surface area contributed by atoms with Crippen molar-refractivity contribution in [3.8, 4) is 0 Å². The van der Waals surface area contributed by atoms with E-state index < -0.39 is 0 Å². The second kappa shape index (κ2) is 5.78. The molecular formula is C10H19N3O. The van der Waals surface area contributed by atoms with Crippen LogP contribution in [0.25, 0.3) is 0 Å². The van der Waals surface area contributed by atoms with Crippen LogP contribution in [0.15, 0.2) is 12.3 Å². The zero-order valence-electron chi connectivity index (χ0n) is 9.16. The van der Waals surface area contributed by atoms with E-state index in [1.54, 1.807) is 7.11 Å². The normalized spacial score (nSPS) is 13.1. The maximum absolute atomic E-state index is 5.04. The molecule has 1 N–H and O–H groups in total. The van der Waals surface area contributed by atoms with Gasteiger partial charge in [-0.05, 0) is 13.0 Å². The molecule has 0 aliphatic heterocycles. The van der Waals surface area contributed by atoms with Gasteiger partial charge >= 0.3 is 0 Å². The summed E-state index contributed by atoms with van der Waals surface area (Å²) in [4.78, 5) is 0. The van der Waals surface area contributed by atoms with E-state index in [0.717, 1.165) is 19.6 Å². The second-order valence-electron chi connectivity index (χ2n) is 3.51. The van der Waals surface area contributed by atoms with Crippen molar-refractivity contribution in [2.75, 3.05) is 20.3 Å². The van der Waals surface area contributed by atoms with E-state index >= 15 is 0 Å². The first kappa shape index (κ1) is 11.2. The smallest absolute Gasteiger partial charge is 0.0613 e. The fourth-order valence-electron chi connectivity index (χ4n) is 1.40. The minimum Gasteiger partial charge on any atom is -0.383 e. The molecule has 0 amide bonds. The van der Waals surface area contributed by atoms with Gasteiger partial charge < -0.3 is 10.1 Å². The maximum Gasteiger partial charge on any atom is 0.0613 e. The first-order valence-corrected chi connectivity index (χ1v) is 4.93. The van der Waals surface area contributed by atoms with Gasteiger partial charge in [0.2, 0.25) is 0 Å². The molecule has 0 aromatic carbocycles. The van der Waals surface area contributed by atoms with Gasteiger partial charge in [0.05, 0.1) is 6.61 Å². The molecule has 0 aliphatic carbocycles. The predicted molar refractivity (Wildman–Crippen MR) is 56.3 cm³/mol. The Hall–Kier alpha value is -0.870. The van der Waals surface area contributed by atoms with Gasteiger partial charge in [0.1, 0.15) is 0 Å². The van der Waals surface area contributed by atoms with Crippen molar-refractivity contribution in [3.05, 3.63) is 18.0 Å². The highest BCUT2D eigenvalue weighted by molar-refractivity contribution is 5.00. The molecule has 1 atom stereocenters. The van der Waals surface area contributed by atoms with Crippen molar-refractivity contribution in [3.63, 3.8) is 0 Å². The monoisotopic (exact) mass is 197 g/mol. The highest BCUT2D eigenvalue weighted by atomic mass is 16.5. The second-order valence-corrected chi connectivity index (χ2v) is 3.51. The molecule has 0 bridgehead atoms. The van der Waals surface area contributed by atoms with Gasteiger partial charge in [0, 0.05) is 45.1 Å². The van der Waals surface area contributed by atoms with Gasteiger partial charge in [-0.1, -0.05) is 0 Å². The molecule has 4 nitrogen and oxygen atoms in total. The molecule has 0 saturated carbocycles. The molecular weight excluding hydrogens is 178 g/mol. The Bertz CT molecular complexity index is 260. The van der Waals surface area contributed by atoms with E-state index in [0.29, 0.717) is 6.04 Å². The zero-order chi connectivity index (χ0) is 10.4. The van der Waals surface area contributed by atoms with Crippen LogP contribution in [0, 0.1) is 0 Å². The number of aryl methyl sites for hydroxylation is 1. The number of nitrogens with zero attached hydrogens (tertiary/aromatic N) is 2. The van der Waals surface area contributed by atoms with Crippen LogP contribution < -0.4 is 5.32 Å². The molecule has 1 heterocycles. The summed E-state index contributed by atoms with van der Waals surface area (Å²) >= 11 is 0. The van der Waals surface area contributed by atoms with Crippen LogP contribution in [0.2, 0.25) is 0 Å². The lowest BCUT2D eigenvalue weighted by Gasteiger charge is -2.12. The van der Waals surface area contributed by atoms with E-state index in [2.05, 4.69) is 17.3 Å². The molecule has 0 fully saturated rings. The number of aromatic nitrogens is 2. The van der Waals surface area contributed by atoms with Crippen LogP contribution in [0.1, 0.15) is 12.6 Å². The van der Waals surface area contributed by atoms with Crippen molar-refractivity contribution in [1.29, 1.82) is 0 Å². The third-order valence-electron chi connectivity index (χ3n) is 2.21. The van der Waals surface area contributed by atoms with E-state index in [4.69, 9.17) is 4.74 Å². The van der Waals surface area contributed by atoms with Crippen molar-refractivity contribution in [2.24, 2.45) is 7.05 Å². The highest BCUT2D eigenvalue weighted by Crippen LogP contribution is 1.96. The lowest BCUT2D eigenvalue weighted by atomic mass is 10.3. The van der Waals surface area contributed by atoms with Crippen LogP contribution in [0.3, 0.4) is 0 Å². The zero-order valence-corrected chi connectivity index (χ0v) is 9.16. The van der Waals surface area contributed by atoms with E-state index in [1.165, 1.54) is 5.69 Å². The standard InChI is InChI=1S/C10H19N3O/c1-9(8-14-3)11-6-4-10-5-7-12-13(10)2/h5,7,9,11H,4,6,8H2,1-3H3. The van der Waals surface area contributed by atoms with Gasteiger partial charge in [-0.25, -0.2) is 0 Å². The third kappa shape index (κ3) is 3.47. The van der Waals surface area contributed by atoms with Gasteiger partial charge in [0.15, 0.2) is 0 Å². The van der Waals surface area contributed by atoms with Gasteiger partial charge in [-0.3, -0.25) is 4.68 Å². The van der Waals surface area contributed by atoms with Crippen molar-refractivity contribution >= 4 is 0 Å². The summed E-state index contributed by atoms with van der Waals surface area (Å²) < 4.78 is 6.94. The fraction of sp³-hybridized carbons (Fsp3) is 0.700. The average Bonchev–Trinajstić information content (AvgIpc) is 2.52. The van der Waals surface area contributed by atoms with E-state index in [1.807, 2.05) is 24.0 Å². The summed E-state index contributed by atoms with van der Waals surface area (Å²) in [6, 6.07) is 2.45. The van der Waals surface area contributed by atoms with Crippen molar-refractivity contribution in [2.45, 2.75) is 19.4 Å². The van der Waals surface area contributed by atoms with Crippen LogP contribution in [-0.2, 0) is 18.2 Å². The fourth-order valence-corrected chi connectivity index (χ4v) is 1.40. The first-order chi connectivity index (χ1) is 6.74. The molecule has 1 rings (SSSR count). The van der Waals surface area contributed by atoms with Gasteiger partial charge in [0.25, 0.3) is 0 Å². The Balaban J connectivity index is 2.19. The van der Waals surface area contributed by atoms with Crippen LogP contribution in [-0.4, -0.2) is 36.1 Å². The molecule has 0 saturated heterocycles. The summed E-state index contributed by atoms with van der Waals surface area (Å²) in [7, 11) is 3.69. The summed E-state index contributed by atoms with van der Waals surface area (Å²) in [6.45, 7) is 3.84. The van der Waals surface area contributed by atoms with Crippen LogP contribution >= 0.6 is 0 Å². The minimum absolute atomic E-state index is 0.410. The number of methoxy groups -OCH3 is 1. The largest absolute Gasteiger partial charge is 0.383 e. The predicted octanol–water partition coefficient (Wildman–Crippen LogP) is 0.587. The van der Waals surface area contributed by atoms with Crippen molar-refractivity contribution < 1.29 is 4.74 Å². The molecule has 14 heavy (non-hydrogen) atoms. The number of ether oxygens (including phenoxy) is 1.